The molecule has 0 fully saturated rings. The van der Waals surface area contributed by atoms with Gasteiger partial charge in [0.2, 0.25) is 0 Å². The van der Waals surface area contributed by atoms with Crippen LogP contribution in [0.15, 0.2) is 159 Å². The number of hydrogen-bond acceptors (Lipinski definition) is 14. The molecule has 0 saturated carbocycles. The van der Waals surface area contributed by atoms with Gasteiger partial charge in [0.05, 0.1) is 45.2 Å². The molecule has 0 unspecified atom stereocenters. The van der Waals surface area contributed by atoms with Gasteiger partial charge in [-0.05, 0) is 213 Å². The molecule has 0 saturated heterocycles. The second-order valence-electron chi connectivity index (χ2n) is 19.2. The molecule has 11 aromatic rings. The number of benzene rings is 2. The lowest BCUT2D eigenvalue weighted by Gasteiger charge is -2.02. The van der Waals surface area contributed by atoms with Crippen LogP contribution >= 0.6 is 0 Å². The molecule has 14 nitrogen and oxygen atoms in total. The Morgan fingerprint density at radius 1 is 0.275 bits per heavy atom. The molecule has 9 aromatic heterocycles. The van der Waals surface area contributed by atoms with E-state index in [9.17, 15) is 0 Å². The summed E-state index contributed by atoms with van der Waals surface area (Å²) in [5.74, 6) is 0.829. The average Bonchev–Trinajstić information content (AvgIpc) is 3.42. The monoisotopic (exact) mass is 1070 g/mol. The van der Waals surface area contributed by atoms with Crippen molar-refractivity contribution in [2.45, 2.75) is 125 Å². The van der Waals surface area contributed by atoms with E-state index in [1.54, 1.807) is 31.1 Å². The second kappa shape index (κ2) is 35.4. The zero-order valence-electron chi connectivity index (χ0n) is 50.3. The second-order valence-corrected chi connectivity index (χ2v) is 19.2. The highest BCUT2D eigenvalue weighted by atomic mass is 15.1. The van der Waals surface area contributed by atoms with Gasteiger partial charge in [0.15, 0.2) is 0 Å². The molecule has 0 atom stereocenters. The first kappa shape index (κ1) is 65.2. The lowest BCUT2D eigenvalue weighted by atomic mass is 10.1. The van der Waals surface area contributed by atoms with Gasteiger partial charge in [-0.25, -0.2) is 19.9 Å². The number of hydrogen-bond donors (Lipinski definition) is 0. The third-order valence-electron chi connectivity index (χ3n) is 10.9. The highest BCUT2D eigenvalue weighted by molar-refractivity contribution is 5.84. The van der Waals surface area contributed by atoms with Crippen molar-refractivity contribution in [2.24, 2.45) is 0 Å². The minimum Gasteiger partial charge on any atom is -0.262 e. The summed E-state index contributed by atoms with van der Waals surface area (Å²) in [5.41, 5.74) is 21.0. The van der Waals surface area contributed by atoms with Crippen molar-refractivity contribution >= 4 is 21.8 Å². The number of fused-ring (bicyclic) bond motifs is 2. The normalized spacial score (nSPS) is 9.62. The molecular formula is C66H80N14. The Bertz CT molecular complexity index is 3060. The van der Waals surface area contributed by atoms with Gasteiger partial charge in [-0.1, -0.05) is 42.0 Å². The fourth-order valence-electron chi connectivity index (χ4n) is 6.80. The molecule has 414 valence electrons. The molecule has 2 aromatic carbocycles. The molecular weight excluding hydrogens is 989 g/mol. The van der Waals surface area contributed by atoms with Crippen LogP contribution in [0.2, 0.25) is 0 Å². The van der Waals surface area contributed by atoms with Gasteiger partial charge >= 0.3 is 0 Å². The van der Waals surface area contributed by atoms with E-state index in [0.717, 1.165) is 79.4 Å². The number of aryl methyl sites for hydroxylation is 18. The van der Waals surface area contributed by atoms with Gasteiger partial charge in [0.25, 0.3) is 0 Å². The van der Waals surface area contributed by atoms with Crippen LogP contribution in [0.1, 0.15) is 102 Å². The van der Waals surface area contributed by atoms with E-state index in [4.69, 9.17) is 0 Å². The van der Waals surface area contributed by atoms with Crippen LogP contribution in [-0.4, -0.2) is 70.0 Å². The standard InChI is InChI=1S/2C11H11N.2C7H9N.5C6H8N2/c1-8-5-6-9(2)11-10(8)4-3-7-12-11;1-8-6-9(2)11-10(7-8)4-3-5-12-11;1-6-3-4-8-7(2)5-6;1-6-3-4-7(2)8-5-6;1-5-3-8-6(2)4-7-5;1-5-3-7-4-6(2)8-5;1-5-3-6(2)8-4-7-5;1-5-3-7-6(2)8-4-5;1-5-3-4-6(2)8-7-5/h2*3-7H,1-2H3;2*3-5H,1-2H3;5*3-4H,1-2H3. The predicted octanol–water partition coefficient (Wildman–Crippen LogP) is 14.6. The Labute approximate surface area is 475 Å². The average molecular weight is 1070 g/mol. The van der Waals surface area contributed by atoms with Crippen LogP contribution in [0.5, 0.6) is 0 Å². The van der Waals surface area contributed by atoms with Crippen LogP contribution in [0.25, 0.3) is 21.8 Å². The minimum atomic E-state index is 0.829. The first-order valence-electron chi connectivity index (χ1n) is 26.3. The van der Waals surface area contributed by atoms with Gasteiger partial charge < -0.3 is 0 Å². The van der Waals surface area contributed by atoms with Crippen molar-refractivity contribution in [3.8, 4) is 0 Å². The van der Waals surface area contributed by atoms with Crippen molar-refractivity contribution < 1.29 is 0 Å². The molecule has 11 rings (SSSR count). The Hall–Kier alpha value is -9.04. The first-order valence-corrected chi connectivity index (χ1v) is 26.3. The lowest BCUT2D eigenvalue weighted by Crippen LogP contribution is -1.86. The SMILES string of the molecule is Cc1cc(C)c2ncccc2c1.Cc1cc(C)ncn1.Cc1ccc(C)c2ncccc12.Cc1ccc(C)nc1.Cc1ccc(C)nn1.Cc1ccnc(C)c1.Cc1cnc(C)cn1.Cc1cnc(C)nc1.Cc1cncc(C)n1. The summed E-state index contributed by atoms with van der Waals surface area (Å²) in [6, 6.07) is 30.7. The molecule has 0 aliphatic rings. The van der Waals surface area contributed by atoms with Crippen LogP contribution in [0.4, 0.5) is 0 Å². The van der Waals surface area contributed by atoms with Crippen molar-refractivity contribution in [1.29, 1.82) is 0 Å². The van der Waals surface area contributed by atoms with Gasteiger partial charge in [0.1, 0.15) is 12.2 Å². The summed E-state index contributed by atoms with van der Waals surface area (Å²) in [4.78, 5) is 48.6. The summed E-state index contributed by atoms with van der Waals surface area (Å²) in [6.07, 6.45) is 19.6. The molecule has 80 heavy (non-hydrogen) atoms. The summed E-state index contributed by atoms with van der Waals surface area (Å²) in [6.45, 7) is 35.8. The van der Waals surface area contributed by atoms with E-state index in [-0.39, 0.29) is 0 Å². The fraction of sp³-hybridized carbons (Fsp3) is 0.273. The third kappa shape index (κ3) is 27.3. The zero-order chi connectivity index (χ0) is 59.0. The maximum Gasteiger partial charge on any atom is 0.125 e. The van der Waals surface area contributed by atoms with Crippen molar-refractivity contribution in [3.63, 3.8) is 0 Å². The quantitative estimate of drug-likeness (QED) is 0.140. The van der Waals surface area contributed by atoms with E-state index in [1.165, 1.54) is 44.2 Å². The van der Waals surface area contributed by atoms with Gasteiger partial charge in [-0.3, -0.25) is 39.9 Å². The minimum absolute atomic E-state index is 0.829. The Kier molecular flexibility index (Phi) is 28.9. The maximum absolute atomic E-state index is 4.34. The summed E-state index contributed by atoms with van der Waals surface area (Å²) in [7, 11) is 0. The molecule has 0 aliphatic carbocycles. The molecule has 0 bridgehead atoms. The number of nitrogens with zero attached hydrogens (tertiary/aromatic N) is 14. The summed E-state index contributed by atoms with van der Waals surface area (Å²) in [5, 5.41) is 10.2. The first-order chi connectivity index (χ1) is 38.1. The predicted molar refractivity (Wildman–Crippen MR) is 327 cm³/mol. The number of aromatic nitrogens is 14. The van der Waals surface area contributed by atoms with E-state index in [2.05, 4.69) is 153 Å². The molecule has 9 heterocycles. The van der Waals surface area contributed by atoms with Crippen LogP contribution in [-0.2, 0) is 0 Å². The fourth-order valence-corrected chi connectivity index (χ4v) is 6.80. The molecule has 0 radical (unpaired) electrons. The zero-order valence-corrected chi connectivity index (χ0v) is 50.3. The Morgan fingerprint density at radius 3 is 1.24 bits per heavy atom. The van der Waals surface area contributed by atoms with Gasteiger partial charge in [0, 0.05) is 95.5 Å². The maximum atomic E-state index is 4.34. The topological polar surface area (TPSA) is 180 Å². The van der Waals surface area contributed by atoms with Gasteiger partial charge in [-0.2, -0.15) is 10.2 Å². The summed E-state index contributed by atoms with van der Waals surface area (Å²) < 4.78 is 0. The Balaban J connectivity index is 0.000000238. The van der Waals surface area contributed by atoms with Crippen LogP contribution in [0, 0.1) is 125 Å². The molecule has 0 amide bonds. The van der Waals surface area contributed by atoms with E-state index >= 15 is 0 Å². The van der Waals surface area contributed by atoms with E-state index in [0.29, 0.717) is 0 Å². The van der Waals surface area contributed by atoms with Crippen LogP contribution < -0.4 is 0 Å². The van der Waals surface area contributed by atoms with Gasteiger partial charge in [-0.15, -0.1) is 0 Å². The number of pyridine rings is 4. The van der Waals surface area contributed by atoms with Crippen molar-refractivity contribution in [3.05, 3.63) is 261 Å². The largest absolute Gasteiger partial charge is 0.262 e. The lowest BCUT2D eigenvalue weighted by molar-refractivity contribution is 0.941. The highest BCUT2D eigenvalue weighted by Crippen LogP contribution is 2.19. The Morgan fingerprint density at radius 2 is 0.800 bits per heavy atom. The van der Waals surface area contributed by atoms with E-state index in [1.807, 2.05) is 170 Å². The molecule has 0 aliphatic heterocycles. The number of rotatable bonds is 0. The molecule has 0 spiro atoms. The van der Waals surface area contributed by atoms with Crippen LogP contribution in [0.3, 0.4) is 0 Å². The smallest absolute Gasteiger partial charge is 0.125 e. The van der Waals surface area contributed by atoms with Crippen molar-refractivity contribution in [2.75, 3.05) is 0 Å². The molecule has 0 N–H and O–H groups in total. The molecule has 14 heteroatoms. The van der Waals surface area contributed by atoms with Crippen molar-refractivity contribution in [1.82, 2.24) is 70.0 Å². The highest BCUT2D eigenvalue weighted by Gasteiger charge is 2.00. The third-order valence-corrected chi connectivity index (χ3v) is 10.9. The summed E-state index contributed by atoms with van der Waals surface area (Å²) >= 11 is 0. The van der Waals surface area contributed by atoms with E-state index < -0.39 is 0 Å².